The summed E-state index contributed by atoms with van der Waals surface area (Å²) in [4.78, 5) is 25.8. The molecule has 0 saturated carbocycles. The number of fused-ring (bicyclic) bond motifs is 1. The minimum absolute atomic E-state index is 0.00417. The van der Waals surface area contributed by atoms with Crippen LogP contribution in [0.15, 0.2) is 23.4 Å². The van der Waals surface area contributed by atoms with Crippen LogP contribution in [-0.4, -0.2) is 60.6 Å². The number of thioether (sulfide) groups is 1. The number of nitrogens with zero attached hydrogens (tertiary/aromatic N) is 2. The van der Waals surface area contributed by atoms with Crippen LogP contribution in [0.5, 0.6) is 5.75 Å². The molecule has 0 unspecified atom stereocenters. The van der Waals surface area contributed by atoms with Crippen molar-refractivity contribution in [2.75, 3.05) is 25.5 Å². The first kappa shape index (κ1) is 23.2. The van der Waals surface area contributed by atoms with E-state index >= 15 is 0 Å². The summed E-state index contributed by atoms with van der Waals surface area (Å²) in [5.74, 6) is 1.32. The average Bonchev–Trinajstić information content (AvgIpc) is 2.99. The highest BCUT2D eigenvalue weighted by Gasteiger charge is 2.15. The number of nitrogens with one attached hydrogen (secondary N) is 1. The number of hydrogen-bond donors (Lipinski definition) is 2. The van der Waals surface area contributed by atoms with Crippen molar-refractivity contribution in [1.29, 1.82) is 0 Å². The van der Waals surface area contributed by atoms with Gasteiger partial charge in [-0.2, -0.15) is 0 Å². The second-order valence-corrected chi connectivity index (χ2v) is 14.4. The van der Waals surface area contributed by atoms with Gasteiger partial charge in [0.2, 0.25) is 0 Å². The molecule has 0 atom stereocenters. The van der Waals surface area contributed by atoms with Crippen LogP contribution < -0.4 is 10.1 Å². The quantitative estimate of drug-likeness (QED) is 0.212. The lowest BCUT2D eigenvalue weighted by Gasteiger charge is -2.16. The second kappa shape index (κ2) is 11.2. The number of ether oxygens (including phenoxy) is 2. The summed E-state index contributed by atoms with van der Waals surface area (Å²) in [5.41, 5.74) is 1.70. The van der Waals surface area contributed by atoms with Crippen LogP contribution >= 0.6 is 11.8 Å². The van der Waals surface area contributed by atoms with Gasteiger partial charge >= 0.3 is 6.09 Å². The lowest BCUT2D eigenvalue weighted by atomic mass is 10.3. The standard InChI is InChI=1S/C19H29N3O5SSi/c1-29(2,3)12-10-26-14-22-17-6-5-15(27-9-8-23)13-16(17)21-18(22)28-11-4-7-20-19(24)25/h5-6,8,13,20H,4,7,9-12,14H2,1-3H3,(H,24,25). The molecular weight excluding hydrogens is 410 g/mol. The van der Waals surface area contributed by atoms with Crippen molar-refractivity contribution in [2.45, 2.75) is 44.0 Å². The Bertz CT molecular complexity index is 822. The predicted octanol–water partition coefficient (Wildman–Crippen LogP) is 3.68. The Morgan fingerprint density at radius 3 is 2.86 bits per heavy atom. The number of aldehydes is 1. The highest BCUT2D eigenvalue weighted by Crippen LogP contribution is 2.27. The van der Waals surface area contributed by atoms with E-state index in [1.165, 1.54) is 0 Å². The van der Waals surface area contributed by atoms with Gasteiger partial charge in [-0.1, -0.05) is 31.4 Å². The molecule has 2 N–H and O–H groups in total. The van der Waals surface area contributed by atoms with Gasteiger partial charge in [-0.3, -0.25) is 9.36 Å². The van der Waals surface area contributed by atoms with E-state index < -0.39 is 14.2 Å². The summed E-state index contributed by atoms with van der Waals surface area (Å²) >= 11 is 1.56. The van der Waals surface area contributed by atoms with Gasteiger partial charge in [0.15, 0.2) is 11.4 Å². The van der Waals surface area contributed by atoms with Crippen LogP contribution in [-0.2, 0) is 16.3 Å². The minimum Gasteiger partial charge on any atom is -0.486 e. The monoisotopic (exact) mass is 439 g/mol. The van der Waals surface area contributed by atoms with Gasteiger partial charge in [-0.15, -0.1) is 0 Å². The molecular formula is C19H29N3O5SSi. The third kappa shape index (κ3) is 8.07. The molecule has 1 aromatic heterocycles. The lowest BCUT2D eigenvalue weighted by Crippen LogP contribution is -2.22. The van der Waals surface area contributed by atoms with Crippen molar-refractivity contribution in [3.63, 3.8) is 0 Å². The highest BCUT2D eigenvalue weighted by atomic mass is 32.2. The minimum atomic E-state index is -1.16. The fraction of sp³-hybridized carbons (Fsp3) is 0.526. The molecule has 29 heavy (non-hydrogen) atoms. The first-order valence-electron chi connectivity index (χ1n) is 9.54. The molecule has 1 heterocycles. The fourth-order valence-electron chi connectivity index (χ4n) is 2.51. The zero-order valence-corrected chi connectivity index (χ0v) is 19.0. The van der Waals surface area contributed by atoms with Crippen LogP contribution in [0.25, 0.3) is 11.0 Å². The lowest BCUT2D eigenvalue weighted by molar-refractivity contribution is -0.109. The number of carboxylic acid groups (broad SMARTS) is 1. The molecule has 0 aliphatic carbocycles. The van der Waals surface area contributed by atoms with Crippen LogP contribution in [0.4, 0.5) is 4.79 Å². The molecule has 0 bridgehead atoms. The zero-order valence-electron chi connectivity index (χ0n) is 17.1. The van der Waals surface area contributed by atoms with Gasteiger partial charge in [-0.05, 0) is 24.6 Å². The molecule has 0 radical (unpaired) electrons. The number of hydrogen-bond acceptors (Lipinski definition) is 6. The van der Waals surface area contributed by atoms with Crippen molar-refractivity contribution < 1.29 is 24.2 Å². The summed E-state index contributed by atoms with van der Waals surface area (Å²) in [6, 6.07) is 6.64. The fourth-order valence-corrected chi connectivity index (χ4v) is 4.21. The van der Waals surface area contributed by atoms with Crippen LogP contribution in [0.2, 0.25) is 25.7 Å². The van der Waals surface area contributed by atoms with E-state index in [-0.39, 0.29) is 6.61 Å². The maximum Gasteiger partial charge on any atom is 0.404 e. The van der Waals surface area contributed by atoms with E-state index in [9.17, 15) is 9.59 Å². The van der Waals surface area contributed by atoms with Gasteiger partial charge in [-0.25, -0.2) is 9.78 Å². The molecule has 0 fully saturated rings. The first-order chi connectivity index (χ1) is 13.8. The number of carbonyl (C=O) groups excluding carboxylic acids is 1. The SMILES string of the molecule is C[Si](C)(C)CCOCn1c(SCCCNC(=O)O)nc2cc(OCC=O)ccc21. The van der Waals surface area contributed by atoms with Crippen LogP contribution in [0, 0.1) is 0 Å². The number of amides is 1. The van der Waals surface area contributed by atoms with Crippen molar-refractivity contribution in [3.05, 3.63) is 18.2 Å². The topological polar surface area (TPSA) is 103 Å². The maximum atomic E-state index is 10.5. The van der Waals surface area contributed by atoms with Gasteiger partial charge in [0.25, 0.3) is 0 Å². The number of benzene rings is 1. The third-order valence-electron chi connectivity index (χ3n) is 4.05. The Balaban J connectivity index is 2.09. The van der Waals surface area contributed by atoms with E-state index in [0.717, 1.165) is 28.0 Å². The van der Waals surface area contributed by atoms with E-state index in [2.05, 4.69) is 25.0 Å². The zero-order chi connectivity index (χ0) is 21.3. The molecule has 0 saturated heterocycles. The molecule has 10 heteroatoms. The molecule has 0 spiro atoms. The summed E-state index contributed by atoms with van der Waals surface area (Å²) in [7, 11) is -1.16. The van der Waals surface area contributed by atoms with Crippen LogP contribution in [0.3, 0.4) is 0 Å². The molecule has 8 nitrogen and oxygen atoms in total. The van der Waals surface area contributed by atoms with Crippen molar-refractivity contribution in [2.24, 2.45) is 0 Å². The highest BCUT2D eigenvalue weighted by molar-refractivity contribution is 7.99. The number of imidazole rings is 1. The molecule has 2 rings (SSSR count). The van der Waals surface area contributed by atoms with Gasteiger partial charge in [0, 0.05) is 33.0 Å². The third-order valence-corrected chi connectivity index (χ3v) is 6.81. The summed E-state index contributed by atoms with van der Waals surface area (Å²) < 4.78 is 13.3. The van der Waals surface area contributed by atoms with Crippen molar-refractivity contribution in [1.82, 2.24) is 14.9 Å². The van der Waals surface area contributed by atoms with E-state index in [0.29, 0.717) is 38.3 Å². The van der Waals surface area contributed by atoms with Crippen molar-refractivity contribution in [3.8, 4) is 5.75 Å². The Kier molecular flexibility index (Phi) is 8.99. The molecule has 2 aromatic rings. The molecule has 160 valence electrons. The predicted molar refractivity (Wildman–Crippen MR) is 117 cm³/mol. The Morgan fingerprint density at radius 2 is 2.17 bits per heavy atom. The van der Waals surface area contributed by atoms with E-state index in [1.54, 1.807) is 11.8 Å². The number of rotatable bonds is 13. The summed E-state index contributed by atoms with van der Waals surface area (Å²) in [6.07, 6.45) is 0.396. The maximum absolute atomic E-state index is 10.5. The molecule has 1 aromatic carbocycles. The molecule has 1 amide bonds. The normalized spacial score (nSPS) is 11.6. The van der Waals surface area contributed by atoms with Crippen LogP contribution in [0.1, 0.15) is 6.42 Å². The smallest absolute Gasteiger partial charge is 0.404 e. The summed E-state index contributed by atoms with van der Waals surface area (Å²) in [5, 5.41) is 11.8. The Hall–Kier alpha value is -2.04. The Labute approximate surface area is 176 Å². The van der Waals surface area contributed by atoms with Gasteiger partial charge in [0.05, 0.1) is 11.0 Å². The molecule has 0 aliphatic heterocycles. The number of carbonyl (C=O) groups is 2. The largest absolute Gasteiger partial charge is 0.486 e. The van der Waals surface area contributed by atoms with E-state index in [1.807, 2.05) is 22.8 Å². The second-order valence-electron chi connectivity index (χ2n) is 7.73. The van der Waals surface area contributed by atoms with Crippen molar-refractivity contribution >= 4 is 43.2 Å². The van der Waals surface area contributed by atoms with Gasteiger partial charge in [0.1, 0.15) is 19.1 Å². The molecule has 0 aliphatic rings. The first-order valence-corrected chi connectivity index (χ1v) is 14.2. The van der Waals surface area contributed by atoms with Gasteiger partial charge < -0.3 is 19.9 Å². The Morgan fingerprint density at radius 1 is 1.38 bits per heavy atom. The number of aromatic nitrogens is 2. The van der Waals surface area contributed by atoms with E-state index in [4.69, 9.17) is 19.6 Å². The average molecular weight is 440 g/mol. The summed E-state index contributed by atoms with van der Waals surface area (Å²) in [6.45, 7) is 8.47.